The molecule has 0 aliphatic carbocycles. The Labute approximate surface area is 110 Å². The van der Waals surface area contributed by atoms with Crippen molar-refractivity contribution in [1.29, 1.82) is 0 Å². The Kier molecular flexibility index (Phi) is 3.22. The number of thioether (sulfide) groups is 1. The molecule has 0 bridgehead atoms. The Morgan fingerprint density at radius 3 is 3.17 bits per heavy atom. The van der Waals surface area contributed by atoms with Crippen molar-refractivity contribution in [3.05, 3.63) is 6.33 Å². The molecular weight excluding hydrogens is 248 g/mol. The van der Waals surface area contributed by atoms with Gasteiger partial charge >= 0.3 is 0 Å². The highest BCUT2D eigenvalue weighted by Crippen LogP contribution is 2.24. The van der Waals surface area contributed by atoms with Gasteiger partial charge in [0.15, 0.2) is 11.5 Å². The molecule has 3 heterocycles. The molecular formula is C11H16N6S. The zero-order valence-electron chi connectivity index (χ0n) is 10.3. The summed E-state index contributed by atoms with van der Waals surface area (Å²) in [5.74, 6) is 3.96. The first-order chi connectivity index (χ1) is 8.88. The van der Waals surface area contributed by atoms with E-state index in [1.54, 1.807) is 6.33 Å². The number of hydrogen-bond acceptors (Lipinski definition) is 6. The summed E-state index contributed by atoms with van der Waals surface area (Å²) in [7, 11) is 1.83. The lowest BCUT2D eigenvalue weighted by atomic mass is 10.3. The molecule has 2 aromatic rings. The molecule has 18 heavy (non-hydrogen) atoms. The van der Waals surface area contributed by atoms with Crippen molar-refractivity contribution in [3.8, 4) is 0 Å². The molecule has 0 atom stereocenters. The van der Waals surface area contributed by atoms with Gasteiger partial charge in [-0.05, 0) is 12.2 Å². The van der Waals surface area contributed by atoms with Gasteiger partial charge in [0.05, 0.1) is 6.33 Å². The van der Waals surface area contributed by atoms with E-state index in [0.717, 1.165) is 35.8 Å². The molecule has 3 rings (SSSR count). The van der Waals surface area contributed by atoms with Crippen LogP contribution in [0.15, 0.2) is 6.33 Å². The van der Waals surface area contributed by atoms with E-state index in [4.69, 9.17) is 0 Å². The Morgan fingerprint density at radius 2 is 2.28 bits per heavy atom. The fraction of sp³-hybridized carbons (Fsp3) is 0.545. The summed E-state index contributed by atoms with van der Waals surface area (Å²) in [5, 5.41) is 3.00. The molecule has 0 unspecified atom stereocenters. The van der Waals surface area contributed by atoms with E-state index in [1.807, 2.05) is 18.8 Å². The number of H-pyrrole nitrogens is 1. The van der Waals surface area contributed by atoms with E-state index in [0.29, 0.717) is 5.95 Å². The van der Waals surface area contributed by atoms with Crippen LogP contribution in [0.3, 0.4) is 0 Å². The Balaban J connectivity index is 2.04. The predicted molar refractivity (Wildman–Crippen MR) is 75.4 cm³/mol. The third kappa shape index (κ3) is 2.10. The quantitative estimate of drug-likeness (QED) is 0.853. The van der Waals surface area contributed by atoms with Crippen molar-refractivity contribution in [1.82, 2.24) is 19.9 Å². The third-order valence-corrected chi connectivity index (χ3v) is 4.06. The molecule has 2 aromatic heterocycles. The van der Waals surface area contributed by atoms with Crippen LogP contribution >= 0.6 is 11.8 Å². The van der Waals surface area contributed by atoms with Gasteiger partial charge in [0, 0.05) is 25.9 Å². The predicted octanol–water partition coefficient (Wildman–Crippen LogP) is 1.34. The number of fused-ring (bicyclic) bond motifs is 1. The van der Waals surface area contributed by atoms with Crippen LogP contribution in [0.2, 0.25) is 0 Å². The van der Waals surface area contributed by atoms with Gasteiger partial charge in [-0.1, -0.05) is 0 Å². The van der Waals surface area contributed by atoms with Crippen LogP contribution in [0.5, 0.6) is 0 Å². The average molecular weight is 264 g/mol. The largest absolute Gasteiger partial charge is 0.357 e. The molecule has 1 fully saturated rings. The third-order valence-electron chi connectivity index (χ3n) is 3.01. The average Bonchev–Trinajstić information content (AvgIpc) is 2.70. The number of imidazole rings is 1. The van der Waals surface area contributed by atoms with E-state index in [-0.39, 0.29) is 0 Å². The number of nitrogens with one attached hydrogen (secondary N) is 2. The summed E-state index contributed by atoms with van der Waals surface area (Å²) in [6.45, 7) is 2.07. The van der Waals surface area contributed by atoms with Crippen molar-refractivity contribution in [2.45, 2.75) is 6.42 Å². The first kappa shape index (κ1) is 11.6. The van der Waals surface area contributed by atoms with Crippen LogP contribution in [-0.4, -0.2) is 51.6 Å². The van der Waals surface area contributed by atoms with Crippen LogP contribution < -0.4 is 10.2 Å². The zero-order chi connectivity index (χ0) is 12.4. The highest BCUT2D eigenvalue weighted by molar-refractivity contribution is 7.99. The fourth-order valence-electron chi connectivity index (χ4n) is 2.12. The van der Waals surface area contributed by atoms with Gasteiger partial charge in [-0.25, -0.2) is 4.98 Å². The lowest BCUT2D eigenvalue weighted by molar-refractivity contribution is 0.803. The van der Waals surface area contributed by atoms with Gasteiger partial charge in [-0.2, -0.15) is 21.7 Å². The van der Waals surface area contributed by atoms with Gasteiger partial charge in [-0.3, -0.25) is 0 Å². The van der Waals surface area contributed by atoms with Crippen molar-refractivity contribution in [2.24, 2.45) is 0 Å². The van der Waals surface area contributed by atoms with E-state index < -0.39 is 0 Å². The Bertz CT molecular complexity index is 531. The minimum atomic E-state index is 0.626. The molecule has 7 heteroatoms. The van der Waals surface area contributed by atoms with Crippen LogP contribution in [0, 0.1) is 0 Å². The van der Waals surface area contributed by atoms with Crippen LogP contribution in [0.4, 0.5) is 11.8 Å². The summed E-state index contributed by atoms with van der Waals surface area (Å²) < 4.78 is 0. The maximum absolute atomic E-state index is 4.58. The van der Waals surface area contributed by atoms with E-state index in [2.05, 4.69) is 30.2 Å². The minimum Gasteiger partial charge on any atom is -0.357 e. The number of anilines is 2. The minimum absolute atomic E-state index is 0.626. The molecule has 1 aliphatic rings. The van der Waals surface area contributed by atoms with E-state index >= 15 is 0 Å². The second kappa shape index (κ2) is 5.01. The second-order valence-corrected chi connectivity index (χ2v) is 5.40. The monoisotopic (exact) mass is 264 g/mol. The molecule has 1 saturated heterocycles. The summed E-state index contributed by atoms with van der Waals surface area (Å²) in [5.41, 5.74) is 1.65. The number of aromatic nitrogens is 4. The molecule has 1 aliphatic heterocycles. The Hall–Kier alpha value is -1.50. The van der Waals surface area contributed by atoms with Gasteiger partial charge in [0.25, 0.3) is 0 Å². The molecule has 0 amide bonds. The maximum Gasteiger partial charge on any atom is 0.226 e. The summed E-state index contributed by atoms with van der Waals surface area (Å²) in [4.78, 5) is 18.6. The summed E-state index contributed by atoms with van der Waals surface area (Å²) in [6, 6.07) is 0. The number of hydrogen-bond donors (Lipinski definition) is 2. The van der Waals surface area contributed by atoms with Crippen molar-refractivity contribution >= 4 is 34.7 Å². The van der Waals surface area contributed by atoms with Gasteiger partial charge < -0.3 is 15.2 Å². The molecule has 96 valence electrons. The van der Waals surface area contributed by atoms with Gasteiger partial charge in [0.1, 0.15) is 5.52 Å². The normalized spacial score (nSPS) is 16.8. The number of rotatable bonds is 2. The zero-order valence-corrected chi connectivity index (χ0v) is 11.1. The highest BCUT2D eigenvalue weighted by atomic mass is 32.2. The molecule has 0 aromatic carbocycles. The summed E-state index contributed by atoms with van der Waals surface area (Å²) in [6.07, 6.45) is 2.87. The SMILES string of the molecule is CNc1nc(N2CCCSCC2)c2[nH]cnc2n1. The molecule has 2 N–H and O–H groups in total. The Morgan fingerprint density at radius 1 is 1.33 bits per heavy atom. The van der Waals surface area contributed by atoms with Gasteiger partial charge in [0.2, 0.25) is 5.95 Å². The second-order valence-electron chi connectivity index (χ2n) is 4.17. The highest BCUT2D eigenvalue weighted by Gasteiger charge is 2.17. The molecule has 0 spiro atoms. The maximum atomic E-state index is 4.58. The van der Waals surface area contributed by atoms with Gasteiger partial charge in [-0.15, -0.1) is 0 Å². The summed E-state index contributed by atoms with van der Waals surface area (Å²) >= 11 is 2.01. The number of aromatic amines is 1. The van der Waals surface area contributed by atoms with E-state index in [1.165, 1.54) is 12.2 Å². The first-order valence-corrected chi connectivity index (χ1v) is 7.25. The smallest absolute Gasteiger partial charge is 0.226 e. The van der Waals surface area contributed by atoms with Crippen molar-refractivity contribution in [2.75, 3.05) is 41.9 Å². The lowest BCUT2D eigenvalue weighted by Gasteiger charge is -2.21. The van der Waals surface area contributed by atoms with Crippen molar-refractivity contribution in [3.63, 3.8) is 0 Å². The van der Waals surface area contributed by atoms with Crippen LogP contribution in [0.1, 0.15) is 6.42 Å². The molecule has 6 nitrogen and oxygen atoms in total. The number of nitrogens with zero attached hydrogens (tertiary/aromatic N) is 4. The molecule has 0 radical (unpaired) electrons. The van der Waals surface area contributed by atoms with Crippen molar-refractivity contribution < 1.29 is 0 Å². The fourth-order valence-corrected chi connectivity index (χ4v) is 3.00. The topological polar surface area (TPSA) is 69.7 Å². The first-order valence-electron chi connectivity index (χ1n) is 6.10. The lowest BCUT2D eigenvalue weighted by Crippen LogP contribution is -2.27. The van der Waals surface area contributed by atoms with E-state index in [9.17, 15) is 0 Å². The standard InChI is InChI=1S/C11H16N6S/c1-12-11-15-9-8(13-7-14-9)10(16-11)17-3-2-5-18-6-4-17/h7H,2-6H2,1H3,(H2,12,13,14,15,16). The van der Waals surface area contributed by atoms with Crippen LogP contribution in [-0.2, 0) is 0 Å². The molecule has 0 saturated carbocycles. The van der Waals surface area contributed by atoms with Crippen LogP contribution in [0.25, 0.3) is 11.2 Å².